The Hall–Kier alpha value is -1.62. The molecule has 0 radical (unpaired) electrons. The molecule has 1 aromatic rings. The molecule has 1 aliphatic carbocycles. The molecule has 0 amide bonds. The van der Waals surface area contributed by atoms with Crippen LogP contribution in [0.3, 0.4) is 0 Å². The van der Waals surface area contributed by atoms with Crippen LogP contribution in [0.15, 0.2) is 18.3 Å². The molecule has 18 heavy (non-hydrogen) atoms. The van der Waals surface area contributed by atoms with Crippen LogP contribution >= 0.6 is 0 Å². The predicted molar refractivity (Wildman–Crippen MR) is 67.7 cm³/mol. The van der Waals surface area contributed by atoms with Gasteiger partial charge in [0, 0.05) is 23.8 Å². The SMILES string of the molecule is O=C(O)c1cc(NCC2(CO)CCCC2)ccn1. The van der Waals surface area contributed by atoms with Gasteiger partial charge in [-0.1, -0.05) is 12.8 Å². The summed E-state index contributed by atoms with van der Waals surface area (Å²) in [6.07, 6.45) is 5.82. The quantitative estimate of drug-likeness (QED) is 0.741. The molecule has 98 valence electrons. The van der Waals surface area contributed by atoms with E-state index in [9.17, 15) is 9.90 Å². The van der Waals surface area contributed by atoms with Crippen molar-refractivity contribution in [3.05, 3.63) is 24.0 Å². The molecule has 0 saturated heterocycles. The fraction of sp³-hybridized carbons (Fsp3) is 0.538. The number of hydrogen-bond acceptors (Lipinski definition) is 4. The molecule has 0 atom stereocenters. The van der Waals surface area contributed by atoms with Gasteiger partial charge in [0.05, 0.1) is 6.61 Å². The molecular formula is C13H18N2O3. The summed E-state index contributed by atoms with van der Waals surface area (Å²) in [5.41, 5.74) is 0.721. The van der Waals surface area contributed by atoms with E-state index in [1.807, 2.05) is 0 Å². The van der Waals surface area contributed by atoms with Crippen molar-refractivity contribution < 1.29 is 15.0 Å². The van der Waals surface area contributed by atoms with Crippen LogP contribution in [-0.4, -0.2) is 34.3 Å². The first kappa shape index (κ1) is 12.8. The summed E-state index contributed by atoms with van der Waals surface area (Å²) in [6.45, 7) is 0.851. The molecule has 5 heteroatoms. The van der Waals surface area contributed by atoms with Crippen LogP contribution in [0, 0.1) is 5.41 Å². The third kappa shape index (κ3) is 2.79. The molecule has 3 N–H and O–H groups in total. The third-order valence-corrected chi connectivity index (χ3v) is 3.65. The van der Waals surface area contributed by atoms with Gasteiger partial charge in [-0.15, -0.1) is 0 Å². The van der Waals surface area contributed by atoms with Gasteiger partial charge in [0.15, 0.2) is 0 Å². The number of aliphatic hydroxyl groups is 1. The maximum atomic E-state index is 10.8. The number of carboxylic acid groups (broad SMARTS) is 1. The Bertz CT molecular complexity index is 428. The average molecular weight is 250 g/mol. The van der Waals surface area contributed by atoms with E-state index in [4.69, 9.17) is 5.11 Å². The zero-order valence-corrected chi connectivity index (χ0v) is 10.2. The number of anilines is 1. The second-order valence-corrected chi connectivity index (χ2v) is 4.95. The Morgan fingerprint density at radius 3 is 2.78 bits per heavy atom. The van der Waals surface area contributed by atoms with E-state index in [0.717, 1.165) is 31.4 Å². The zero-order valence-electron chi connectivity index (χ0n) is 10.2. The first-order chi connectivity index (χ1) is 8.65. The summed E-state index contributed by atoms with van der Waals surface area (Å²) >= 11 is 0. The fourth-order valence-electron chi connectivity index (χ4n) is 2.46. The lowest BCUT2D eigenvalue weighted by Gasteiger charge is -2.27. The number of rotatable bonds is 5. The maximum Gasteiger partial charge on any atom is 0.354 e. The molecule has 0 bridgehead atoms. The molecule has 1 fully saturated rings. The molecule has 0 aromatic carbocycles. The second kappa shape index (κ2) is 5.35. The van der Waals surface area contributed by atoms with Crippen LogP contribution in [0.2, 0.25) is 0 Å². The van der Waals surface area contributed by atoms with Gasteiger partial charge in [0.1, 0.15) is 5.69 Å². The van der Waals surface area contributed by atoms with Crippen molar-refractivity contribution in [3.8, 4) is 0 Å². The van der Waals surface area contributed by atoms with Gasteiger partial charge in [-0.3, -0.25) is 0 Å². The molecule has 1 heterocycles. The number of carboxylic acids is 1. The minimum atomic E-state index is -1.03. The Labute approximate surface area is 106 Å². The van der Waals surface area contributed by atoms with Crippen LogP contribution in [0.5, 0.6) is 0 Å². The van der Waals surface area contributed by atoms with Gasteiger partial charge in [0.2, 0.25) is 0 Å². The van der Waals surface area contributed by atoms with Gasteiger partial charge in [-0.2, -0.15) is 0 Å². The summed E-state index contributed by atoms with van der Waals surface area (Å²) in [7, 11) is 0. The molecule has 0 spiro atoms. The predicted octanol–water partition coefficient (Wildman–Crippen LogP) is 1.74. The van der Waals surface area contributed by atoms with Crippen molar-refractivity contribution in [2.24, 2.45) is 5.41 Å². The van der Waals surface area contributed by atoms with Crippen molar-refractivity contribution >= 4 is 11.7 Å². The van der Waals surface area contributed by atoms with E-state index in [1.165, 1.54) is 12.3 Å². The minimum Gasteiger partial charge on any atom is -0.477 e. The van der Waals surface area contributed by atoms with Gasteiger partial charge in [0.25, 0.3) is 0 Å². The first-order valence-corrected chi connectivity index (χ1v) is 6.19. The maximum absolute atomic E-state index is 10.8. The van der Waals surface area contributed by atoms with E-state index < -0.39 is 5.97 Å². The number of aliphatic hydroxyl groups excluding tert-OH is 1. The van der Waals surface area contributed by atoms with Gasteiger partial charge >= 0.3 is 5.97 Å². The number of aromatic carboxylic acids is 1. The molecule has 5 nitrogen and oxygen atoms in total. The lowest BCUT2D eigenvalue weighted by Crippen LogP contribution is -2.30. The number of pyridine rings is 1. The lowest BCUT2D eigenvalue weighted by atomic mass is 9.87. The second-order valence-electron chi connectivity index (χ2n) is 4.95. The summed E-state index contributed by atoms with van der Waals surface area (Å²) in [5.74, 6) is -1.03. The highest BCUT2D eigenvalue weighted by Crippen LogP contribution is 2.37. The monoisotopic (exact) mass is 250 g/mol. The smallest absolute Gasteiger partial charge is 0.354 e. The highest BCUT2D eigenvalue weighted by molar-refractivity contribution is 5.86. The van der Waals surface area contributed by atoms with Gasteiger partial charge in [-0.05, 0) is 25.0 Å². The van der Waals surface area contributed by atoms with E-state index in [0.29, 0.717) is 6.54 Å². The Morgan fingerprint density at radius 1 is 1.44 bits per heavy atom. The number of hydrogen-bond donors (Lipinski definition) is 3. The van der Waals surface area contributed by atoms with Crippen molar-refractivity contribution in [2.75, 3.05) is 18.5 Å². The lowest BCUT2D eigenvalue weighted by molar-refractivity contribution is 0.0690. The molecule has 0 aliphatic heterocycles. The standard InChI is InChI=1S/C13H18N2O3/c16-9-13(4-1-2-5-13)8-15-10-3-6-14-11(7-10)12(17)18/h3,6-7,16H,1-2,4-5,8-9H2,(H,14,15)(H,17,18). The minimum absolute atomic E-state index is 0.0319. The summed E-state index contributed by atoms with van der Waals surface area (Å²) in [5, 5.41) is 21.6. The van der Waals surface area contributed by atoms with Gasteiger partial charge in [-0.25, -0.2) is 9.78 Å². The summed E-state index contributed by atoms with van der Waals surface area (Å²) in [4.78, 5) is 14.6. The van der Waals surface area contributed by atoms with E-state index >= 15 is 0 Å². The molecule has 2 rings (SSSR count). The van der Waals surface area contributed by atoms with Crippen LogP contribution in [-0.2, 0) is 0 Å². The third-order valence-electron chi connectivity index (χ3n) is 3.65. The molecule has 1 saturated carbocycles. The molecule has 1 aliphatic rings. The topological polar surface area (TPSA) is 82.5 Å². The van der Waals surface area contributed by atoms with E-state index in [-0.39, 0.29) is 17.7 Å². The van der Waals surface area contributed by atoms with Crippen LogP contribution in [0.1, 0.15) is 36.2 Å². The summed E-state index contributed by atoms with van der Waals surface area (Å²) in [6, 6.07) is 3.26. The Kier molecular flexibility index (Phi) is 3.81. The highest BCUT2D eigenvalue weighted by atomic mass is 16.4. The Morgan fingerprint density at radius 2 is 2.17 bits per heavy atom. The number of aromatic nitrogens is 1. The zero-order chi connectivity index (χ0) is 13.0. The summed E-state index contributed by atoms with van der Waals surface area (Å²) < 4.78 is 0. The average Bonchev–Trinajstić information content (AvgIpc) is 2.86. The van der Waals surface area contributed by atoms with E-state index in [1.54, 1.807) is 6.07 Å². The molecule has 0 unspecified atom stereocenters. The van der Waals surface area contributed by atoms with Crippen molar-refractivity contribution in [1.82, 2.24) is 4.98 Å². The Balaban J connectivity index is 2.01. The normalized spacial score (nSPS) is 17.6. The van der Waals surface area contributed by atoms with Crippen molar-refractivity contribution in [2.45, 2.75) is 25.7 Å². The van der Waals surface area contributed by atoms with Crippen LogP contribution in [0.25, 0.3) is 0 Å². The highest BCUT2D eigenvalue weighted by Gasteiger charge is 2.32. The first-order valence-electron chi connectivity index (χ1n) is 6.19. The molecular weight excluding hydrogens is 232 g/mol. The van der Waals surface area contributed by atoms with Gasteiger partial charge < -0.3 is 15.5 Å². The number of nitrogens with one attached hydrogen (secondary N) is 1. The van der Waals surface area contributed by atoms with E-state index in [2.05, 4.69) is 10.3 Å². The fourth-order valence-corrected chi connectivity index (χ4v) is 2.46. The number of nitrogens with zero attached hydrogens (tertiary/aromatic N) is 1. The molecule has 1 aromatic heterocycles. The van der Waals surface area contributed by atoms with Crippen molar-refractivity contribution in [1.29, 1.82) is 0 Å². The number of carbonyl (C=O) groups is 1. The van der Waals surface area contributed by atoms with Crippen molar-refractivity contribution in [3.63, 3.8) is 0 Å². The largest absolute Gasteiger partial charge is 0.477 e. The van der Waals surface area contributed by atoms with Crippen LogP contribution < -0.4 is 5.32 Å². The van der Waals surface area contributed by atoms with Crippen LogP contribution in [0.4, 0.5) is 5.69 Å².